The fraction of sp³-hybridized carbons (Fsp3) is 0.308. The Labute approximate surface area is 109 Å². The maximum atomic E-state index is 11.6. The highest BCUT2D eigenvalue weighted by atomic mass is 16.5. The summed E-state index contributed by atoms with van der Waals surface area (Å²) in [4.78, 5) is 26.9. The van der Waals surface area contributed by atoms with E-state index < -0.39 is 6.10 Å². The summed E-state index contributed by atoms with van der Waals surface area (Å²) in [5.74, 6) is -0.0981. The highest BCUT2D eigenvalue weighted by molar-refractivity contribution is 5.99. The van der Waals surface area contributed by atoms with Crippen molar-refractivity contribution in [2.45, 2.75) is 18.9 Å². The smallest absolute Gasteiger partial charge is 0.267 e. The summed E-state index contributed by atoms with van der Waals surface area (Å²) < 4.78 is 7.51. The molecule has 1 aliphatic rings. The van der Waals surface area contributed by atoms with Crippen LogP contribution in [0.1, 0.15) is 12.8 Å². The molecule has 0 aliphatic carbocycles. The molecule has 3 rings (SSSR count). The molecule has 0 saturated carbocycles. The summed E-state index contributed by atoms with van der Waals surface area (Å²) in [5, 5.41) is 3.21. The standard InChI is InChI=1S/C13H13N3O3/c1-16-5-4-8-6-9(7-14-12(8)16)19-10-2-3-11(17)15-13(10)18/h4-7,10H,2-3H2,1H3,(H,15,17,18). The van der Waals surface area contributed by atoms with E-state index in [1.807, 2.05) is 29.9 Å². The topological polar surface area (TPSA) is 73.2 Å². The van der Waals surface area contributed by atoms with Crippen LogP contribution in [-0.2, 0) is 16.6 Å². The first-order chi connectivity index (χ1) is 9.13. The van der Waals surface area contributed by atoms with Crippen LogP contribution in [0, 0.1) is 0 Å². The van der Waals surface area contributed by atoms with Gasteiger partial charge in [-0.15, -0.1) is 0 Å². The molecule has 1 fully saturated rings. The summed E-state index contributed by atoms with van der Waals surface area (Å²) in [7, 11) is 1.91. The third-order valence-electron chi connectivity index (χ3n) is 3.15. The van der Waals surface area contributed by atoms with Gasteiger partial charge >= 0.3 is 0 Å². The molecule has 1 unspecified atom stereocenters. The van der Waals surface area contributed by atoms with Gasteiger partial charge in [0.2, 0.25) is 5.91 Å². The second-order valence-corrected chi connectivity index (χ2v) is 4.57. The Morgan fingerprint density at radius 1 is 1.47 bits per heavy atom. The van der Waals surface area contributed by atoms with Gasteiger partial charge in [-0.1, -0.05) is 0 Å². The van der Waals surface area contributed by atoms with E-state index in [0.29, 0.717) is 18.6 Å². The number of carbonyl (C=O) groups excluding carboxylic acids is 2. The maximum Gasteiger partial charge on any atom is 0.267 e. The number of amides is 2. The highest BCUT2D eigenvalue weighted by Crippen LogP contribution is 2.21. The van der Waals surface area contributed by atoms with Crippen LogP contribution in [0.15, 0.2) is 24.5 Å². The highest BCUT2D eigenvalue weighted by Gasteiger charge is 2.28. The molecule has 0 radical (unpaired) electrons. The number of nitrogens with one attached hydrogen (secondary N) is 1. The molecule has 19 heavy (non-hydrogen) atoms. The van der Waals surface area contributed by atoms with Crippen LogP contribution >= 0.6 is 0 Å². The summed E-state index contributed by atoms with van der Waals surface area (Å²) in [5.41, 5.74) is 0.857. The average Bonchev–Trinajstić information content (AvgIpc) is 2.74. The second-order valence-electron chi connectivity index (χ2n) is 4.57. The Morgan fingerprint density at radius 3 is 3.11 bits per heavy atom. The van der Waals surface area contributed by atoms with Gasteiger partial charge in [0.05, 0.1) is 6.20 Å². The van der Waals surface area contributed by atoms with Crippen molar-refractivity contribution in [1.82, 2.24) is 14.9 Å². The van der Waals surface area contributed by atoms with Gasteiger partial charge in [0.25, 0.3) is 5.91 Å². The number of rotatable bonds is 2. The average molecular weight is 259 g/mol. The van der Waals surface area contributed by atoms with E-state index in [9.17, 15) is 9.59 Å². The molecule has 2 amide bonds. The lowest BCUT2D eigenvalue weighted by atomic mass is 10.1. The normalized spacial score (nSPS) is 19.5. The Balaban J connectivity index is 1.81. The Kier molecular flexibility index (Phi) is 2.70. The van der Waals surface area contributed by atoms with E-state index in [0.717, 1.165) is 11.0 Å². The van der Waals surface area contributed by atoms with Crippen LogP contribution in [0.4, 0.5) is 0 Å². The Morgan fingerprint density at radius 2 is 2.32 bits per heavy atom. The van der Waals surface area contributed by atoms with Gasteiger partial charge in [0.1, 0.15) is 11.4 Å². The number of pyridine rings is 1. The van der Waals surface area contributed by atoms with Gasteiger partial charge in [-0.05, 0) is 12.1 Å². The van der Waals surface area contributed by atoms with Crippen LogP contribution < -0.4 is 10.1 Å². The van der Waals surface area contributed by atoms with Crippen molar-refractivity contribution < 1.29 is 14.3 Å². The van der Waals surface area contributed by atoms with Gasteiger partial charge < -0.3 is 9.30 Å². The van der Waals surface area contributed by atoms with Gasteiger partial charge in [-0.2, -0.15) is 0 Å². The van der Waals surface area contributed by atoms with Crippen molar-refractivity contribution in [3.8, 4) is 5.75 Å². The number of nitrogens with zero attached hydrogens (tertiary/aromatic N) is 2. The third-order valence-corrected chi connectivity index (χ3v) is 3.15. The molecular formula is C13H13N3O3. The molecule has 6 heteroatoms. The van der Waals surface area contributed by atoms with Crippen molar-refractivity contribution in [1.29, 1.82) is 0 Å². The van der Waals surface area contributed by atoms with Crippen molar-refractivity contribution in [3.63, 3.8) is 0 Å². The van der Waals surface area contributed by atoms with E-state index in [2.05, 4.69) is 10.3 Å². The lowest BCUT2D eigenvalue weighted by Crippen LogP contribution is -2.46. The third kappa shape index (κ3) is 2.16. The monoisotopic (exact) mass is 259 g/mol. The Bertz CT molecular complexity index is 662. The summed E-state index contributed by atoms with van der Waals surface area (Å²) in [6.45, 7) is 0. The van der Waals surface area contributed by atoms with E-state index in [1.165, 1.54) is 0 Å². The fourth-order valence-electron chi connectivity index (χ4n) is 2.15. The molecule has 3 heterocycles. The van der Waals surface area contributed by atoms with Crippen molar-refractivity contribution in [2.75, 3.05) is 0 Å². The number of carbonyl (C=O) groups is 2. The quantitative estimate of drug-likeness (QED) is 0.808. The minimum Gasteiger partial charge on any atom is -0.479 e. The lowest BCUT2D eigenvalue weighted by molar-refractivity contribution is -0.138. The van der Waals surface area contributed by atoms with Crippen LogP contribution in [0.5, 0.6) is 5.75 Å². The first-order valence-corrected chi connectivity index (χ1v) is 6.05. The molecule has 2 aromatic rings. The lowest BCUT2D eigenvalue weighted by Gasteiger charge is -2.21. The van der Waals surface area contributed by atoms with E-state index in [4.69, 9.17) is 4.74 Å². The number of hydrogen-bond donors (Lipinski definition) is 1. The van der Waals surface area contributed by atoms with Crippen LogP contribution in [-0.4, -0.2) is 27.5 Å². The number of aromatic nitrogens is 2. The number of aryl methyl sites for hydroxylation is 1. The van der Waals surface area contributed by atoms with E-state index in [1.54, 1.807) is 6.20 Å². The van der Waals surface area contributed by atoms with Crippen LogP contribution in [0.3, 0.4) is 0 Å². The molecule has 2 aromatic heterocycles. The molecule has 0 spiro atoms. The predicted octanol–water partition coefficient (Wildman–Crippen LogP) is 0.757. The summed E-state index contributed by atoms with van der Waals surface area (Å²) in [6.07, 6.45) is 3.58. The molecule has 0 aromatic carbocycles. The first-order valence-electron chi connectivity index (χ1n) is 6.05. The molecule has 1 atom stereocenters. The van der Waals surface area contributed by atoms with Crippen molar-refractivity contribution in [2.24, 2.45) is 7.05 Å². The van der Waals surface area contributed by atoms with Gasteiger partial charge in [0.15, 0.2) is 6.10 Å². The minimum absolute atomic E-state index is 0.249. The van der Waals surface area contributed by atoms with E-state index >= 15 is 0 Å². The largest absolute Gasteiger partial charge is 0.479 e. The zero-order chi connectivity index (χ0) is 13.4. The summed E-state index contributed by atoms with van der Waals surface area (Å²) in [6, 6.07) is 3.77. The molecule has 6 nitrogen and oxygen atoms in total. The van der Waals surface area contributed by atoms with Gasteiger partial charge in [0, 0.05) is 31.5 Å². The Hall–Kier alpha value is -2.37. The molecular weight excluding hydrogens is 246 g/mol. The minimum atomic E-state index is -0.624. The maximum absolute atomic E-state index is 11.6. The van der Waals surface area contributed by atoms with Crippen molar-refractivity contribution >= 4 is 22.8 Å². The molecule has 98 valence electrons. The zero-order valence-electron chi connectivity index (χ0n) is 10.4. The predicted molar refractivity (Wildman–Crippen MR) is 67.5 cm³/mol. The van der Waals surface area contributed by atoms with Crippen molar-refractivity contribution in [3.05, 3.63) is 24.5 Å². The first kappa shape index (κ1) is 11.7. The number of hydrogen-bond acceptors (Lipinski definition) is 4. The summed E-state index contributed by atoms with van der Waals surface area (Å²) >= 11 is 0. The van der Waals surface area contributed by atoms with Crippen LogP contribution in [0.25, 0.3) is 11.0 Å². The number of ether oxygens (including phenoxy) is 1. The molecule has 1 N–H and O–H groups in total. The number of piperidine rings is 1. The van der Waals surface area contributed by atoms with E-state index in [-0.39, 0.29) is 11.8 Å². The molecule has 0 bridgehead atoms. The second kappa shape index (κ2) is 4.38. The fourth-order valence-corrected chi connectivity index (χ4v) is 2.15. The SMILES string of the molecule is Cn1ccc2cc(OC3CCC(=O)NC3=O)cnc21. The van der Waals surface area contributed by atoms with Gasteiger partial charge in [-0.25, -0.2) is 4.98 Å². The van der Waals surface area contributed by atoms with Crippen LogP contribution in [0.2, 0.25) is 0 Å². The zero-order valence-corrected chi connectivity index (χ0v) is 10.4. The molecule has 1 saturated heterocycles. The molecule has 1 aliphatic heterocycles. The van der Waals surface area contributed by atoms with Gasteiger partial charge in [-0.3, -0.25) is 14.9 Å². The number of fused-ring (bicyclic) bond motifs is 1. The number of imide groups is 1.